The third kappa shape index (κ3) is 5.80. The van der Waals surface area contributed by atoms with Gasteiger partial charge in [-0.25, -0.2) is 0 Å². The monoisotopic (exact) mass is 298 g/mol. The van der Waals surface area contributed by atoms with Gasteiger partial charge in [0, 0.05) is 6.54 Å². The fraction of sp³-hybridized carbons (Fsp3) is 0.533. The number of rotatable bonds is 5. The number of halogens is 1. The number of nitrogens with one attached hydrogen (secondary N) is 2. The molecule has 1 fully saturated rings. The van der Waals surface area contributed by atoms with Crippen molar-refractivity contribution in [2.75, 3.05) is 26.2 Å². The molecule has 0 bridgehead atoms. The Labute approximate surface area is 126 Å². The standard InChI is InChI=1S/C15H22N2O2.ClH/c1-12-4-6-14(7-5-12)19-11-15(18)17-10-13-3-2-8-16-9-13;/h4-7,13,16H,2-3,8-11H2,1H3,(H,17,18);1H. The molecule has 1 heterocycles. The molecule has 5 heteroatoms. The van der Waals surface area contributed by atoms with E-state index < -0.39 is 0 Å². The van der Waals surface area contributed by atoms with E-state index in [1.807, 2.05) is 31.2 Å². The predicted octanol–water partition coefficient (Wildman–Crippen LogP) is 1.91. The van der Waals surface area contributed by atoms with Crippen LogP contribution in [0.3, 0.4) is 0 Å². The molecule has 2 rings (SSSR count). The van der Waals surface area contributed by atoms with E-state index in [4.69, 9.17) is 4.74 Å². The van der Waals surface area contributed by atoms with Crippen molar-refractivity contribution in [1.82, 2.24) is 10.6 Å². The second kappa shape index (κ2) is 8.82. The summed E-state index contributed by atoms with van der Waals surface area (Å²) in [5.74, 6) is 1.24. The van der Waals surface area contributed by atoms with Crippen molar-refractivity contribution >= 4 is 18.3 Å². The molecule has 1 amide bonds. The van der Waals surface area contributed by atoms with Crippen LogP contribution in [0.5, 0.6) is 5.75 Å². The summed E-state index contributed by atoms with van der Waals surface area (Å²) in [6.07, 6.45) is 2.38. The third-order valence-electron chi connectivity index (χ3n) is 3.38. The molecular formula is C15H23ClN2O2. The number of benzene rings is 1. The molecule has 112 valence electrons. The predicted molar refractivity (Wildman–Crippen MR) is 82.5 cm³/mol. The van der Waals surface area contributed by atoms with Crippen LogP contribution in [0.2, 0.25) is 0 Å². The van der Waals surface area contributed by atoms with Gasteiger partial charge in [-0.1, -0.05) is 17.7 Å². The first-order chi connectivity index (χ1) is 9.24. The zero-order chi connectivity index (χ0) is 13.5. The molecule has 0 aromatic heterocycles. The van der Waals surface area contributed by atoms with Crippen molar-refractivity contribution in [3.05, 3.63) is 29.8 Å². The number of carbonyl (C=O) groups excluding carboxylic acids is 1. The summed E-state index contributed by atoms with van der Waals surface area (Å²) >= 11 is 0. The minimum atomic E-state index is -0.0499. The molecule has 0 radical (unpaired) electrons. The number of hydrogen-bond acceptors (Lipinski definition) is 3. The second-order valence-electron chi connectivity index (χ2n) is 5.12. The average molecular weight is 299 g/mol. The smallest absolute Gasteiger partial charge is 0.257 e. The quantitative estimate of drug-likeness (QED) is 0.873. The van der Waals surface area contributed by atoms with Gasteiger partial charge in [-0.3, -0.25) is 4.79 Å². The summed E-state index contributed by atoms with van der Waals surface area (Å²) in [4.78, 5) is 11.7. The summed E-state index contributed by atoms with van der Waals surface area (Å²) in [6.45, 7) is 4.95. The number of hydrogen-bond donors (Lipinski definition) is 2. The maximum Gasteiger partial charge on any atom is 0.257 e. The number of ether oxygens (including phenoxy) is 1. The van der Waals surface area contributed by atoms with Gasteiger partial charge >= 0.3 is 0 Å². The number of carbonyl (C=O) groups is 1. The largest absolute Gasteiger partial charge is 0.484 e. The van der Waals surface area contributed by atoms with Crippen molar-refractivity contribution in [3.8, 4) is 5.75 Å². The number of piperidine rings is 1. The van der Waals surface area contributed by atoms with E-state index in [1.54, 1.807) is 0 Å². The van der Waals surface area contributed by atoms with Gasteiger partial charge in [0.05, 0.1) is 0 Å². The molecule has 1 aliphatic heterocycles. The zero-order valence-electron chi connectivity index (χ0n) is 11.9. The normalized spacial score (nSPS) is 17.9. The van der Waals surface area contributed by atoms with Crippen LogP contribution in [0.25, 0.3) is 0 Å². The lowest BCUT2D eigenvalue weighted by molar-refractivity contribution is -0.123. The van der Waals surface area contributed by atoms with E-state index in [-0.39, 0.29) is 24.9 Å². The molecule has 2 N–H and O–H groups in total. The van der Waals surface area contributed by atoms with Gasteiger partial charge < -0.3 is 15.4 Å². The highest BCUT2D eigenvalue weighted by atomic mass is 35.5. The number of amides is 1. The lowest BCUT2D eigenvalue weighted by Gasteiger charge is -2.22. The van der Waals surface area contributed by atoms with Crippen molar-refractivity contribution < 1.29 is 9.53 Å². The lowest BCUT2D eigenvalue weighted by atomic mass is 10.00. The van der Waals surface area contributed by atoms with Crippen LogP contribution in [0, 0.1) is 12.8 Å². The average Bonchev–Trinajstić information content (AvgIpc) is 2.45. The molecular weight excluding hydrogens is 276 g/mol. The SMILES string of the molecule is Cc1ccc(OCC(=O)NCC2CCCNC2)cc1.Cl. The maximum absolute atomic E-state index is 11.7. The Bertz CT molecular complexity index is 403. The van der Waals surface area contributed by atoms with E-state index in [1.165, 1.54) is 18.4 Å². The van der Waals surface area contributed by atoms with Crippen LogP contribution in [-0.2, 0) is 4.79 Å². The summed E-state index contributed by atoms with van der Waals surface area (Å²) < 4.78 is 5.44. The summed E-state index contributed by atoms with van der Waals surface area (Å²) in [7, 11) is 0. The van der Waals surface area contributed by atoms with Crippen LogP contribution in [0.4, 0.5) is 0 Å². The van der Waals surface area contributed by atoms with E-state index in [0.29, 0.717) is 5.92 Å². The molecule has 4 nitrogen and oxygen atoms in total. The van der Waals surface area contributed by atoms with Crippen LogP contribution < -0.4 is 15.4 Å². The van der Waals surface area contributed by atoms with Gasteiger partial charge in [-0.2, -0.15) is 0 Å². The Morgan fingerprint density at radius 3 is 2.80 bits per heavy atom. The Morgan fingerprint density at radius 2 is 2.15 bits per heavy atom. The summed E-state index contributed by atoms with van der Waals surface area (Å²) in [5.41, 5.74) is 1.18. The van der Waals surface area contributed by atoms with Crippen LogP contribution in [0.1, 0.15) is 18.4 Å². The van der Waals surface area contributed by atoms with Crippen molar-refractivity contribution in [2.45, 2.75) is 19.8 Å². The van der Waals surface area contributed by atoms with Crippen LogP contribution >= 0.6 is 12.4 Å². The highest BCUT2D eigenvalue weighted by Gasteiger charge is 2.13. The molecule has 0 spiro atoms. The maximum atomic E-state index is 11.7. The molecule has 0 aliphatic carbocycles. The molecule has 1 aromatic carbocycles. The topological polar surface area (TPSA) is 50.4 Å². The first-order valence-electron chi connectivity index (χ1n) is 6.91. The fourth-order valence-electron chi connectivity index (χ4n) is 2.19. The first kappa shape index (κ1) is 16.8. The van der Waals surface area contributed by atoms with E-state index >= 15 is 0 Å². The molecule has 20 heavy (non-hydrogen) atoms. The van der Waals surface area contributed by atoms with Gasteiger partial charge in [0.25, 0.3) is 5.91 Å². The Kier molecular flexibility index (Phi) is 7.41. The minimum Gasteiger partial charge on any atom is -0.484 e. The van der Waals surface area contributed by atoms with Gasteiger partial charge in [-0.05, 0) is 50.9 Å². The van der Waals surface area contributed by atoms with E-state index in [9.17, 15) is 4.79 Å². The summed E-state index contributed by atoms with van der Waals surface area (Å²) in [5, 5.41) is 6.27. The highest BCUT2D eigenvalue weighted by molar-refractivity contribution is 5.85. The lowest BCUT2D eigenvalue weighted by Crippen LogP contribution is -2.39. The highest BCUT2D eigenvalue weighted by Crippen LogP contribution is 2.11. The Morgan fingerprint density at radius 1 is 1.40 bits per heavy atom. The molecule has 1 unspecified atom stereocenters. The van der Waals surface area contributed by atoms with Gasteiger partial charge in [0.2, 0.25) is 0 Å². The van der Waals surface area contributed by atoms with Crippen molar-refractivity contribution in [2.24, 2.45) is 5.92 Å². The van der Waals surface area contributed by atoms with Gasteiger partial charge in [-0.15, -0.1) is 12.4 Å². The van der Waals surface area contributed by atoms with Crippen LogP contribution in [-0.4, -0.2) is 32.1 Å². The second-order valence-corrected chi connectivity index (χ2v) is 5.12. The molecule has 1 aromatic rings. The summed E-state index contributed by atoms with van der Waals surface area (Å²) in [6, 6.07) is 7.71. The Balaban J connectivity index is 0.00000200. The first-order valence-corrected chi connectivity index (χ1v) is 6.91. The molecule has 1 aliphatic rings. The van der Waals surface area contributed by atoms with Gasteiger partial charge in [0.15, 0.2) is 6.61 Å². The third-order valence-corrected chi connectivity index (χ3v) is 3.38. The van der Waals surface area contributed by atoms with Gasteiger partial charge in [0.1, 0.15) is 5.75 Å². The molecule has 0 saturated carbocycles. The van der Waals surface area contributed by atoms with Crippen LogP contribution in [0.15, 0.2) is 24.3 Å². The van der Waals surface area contributed by atoms with E-state index in [0.717, 1.165) is 25.4 Å². The van der Waals surface area contributed by atoms with E-state index in [2.05, 4.69) is 10.6 Å². The minimum absolute atomic E-state index is 0. The van der Waals surface area contributed by atoms with Crippen molar-refractivity contribution in [3.63, 3.8) is 0 Å². The Hall–Kier alpha value is -1.26. The molecule has 1 atom stereocenters. The fourth-order valence-corrected chi connectivity index (χ4v) is 2.19. The molecule has 1 saturated heterocycles. The zero-order valence-corrected chi connectivity index (χ0v) is 12.7. The number of aryl methyl sites for hydroxylation is 1. The van der Waals surface area contributed by atoms with Crippen molar-refractivity contribution in [1.29, 1.82) is 0 Å².